The molecule has 7 nitrogen and oxygen atoms in total. The number of alkyl halides is 6. The molecular weight excluding hydrogens is 553 g/mol. The number of esters is 2. The molecule has 0 bridgehead atoms. The van der Waals surface area contributed by atoms with Crippen LogP contribution in [0.2, 0.25) is 0 Å². The molecule has 0 heterocycles. The van der Waals surface area contributed by atoms with Gasteiger partial charge in [-0.15, -0.1) is 0 Å². The number of carbonyl (C=O) groups excluding carboxylic acids is 2. The van der Waals surface area contributed by atoms with E-state index in [4.69, 9.17) is 93.3 Å². The Balaban J connectivity index is 3.40. The van der Waals surface area contributed by atoms with E-state index in [2.05, 4.69) is 6.58 Å². The average molecular weight is 573 g/mol. The van der Waals surface area contributed by atoms with Crippen LogP contribution in [0.25, 0.3) is 6.08 Å². The normalized spacial score (nSPS) is 11.7. The number of hydrogen-bond donors (Lipinski definition) is 0. The first-order chi connectivity index (χ1) is 14.8. The molecule has 0 aliphatic carbocycles. The Morgan fingerprint density at radius 3 is 1.72 bits per heavy atom. The minimum Gasteiger partial charge on any atom is -0.493 e. The molecule has 32 heavy (non-hydrogen) atoms. The van der Waals surface area contributed by atoms with E-state index in [1.54, 1.807) is 6.07 Å². The molecule has 0 saturated heterocycles. The summed E-state index contributed by atoms with van der Waals surface area (Å²) >= 11 is 33.8. The SMILES string of the molecule is C=Cc1c(CC(C(=O)OCC(Cl)(Cl)Cl)C(=O)OCC(Cl)(Cl)Cl)cc(OC)c(OC)c1OC. The van der Waals surface area contributed by atoms with Crippen molar-refractivity contribution in [3.05, 3.63) is 23.8 Å². The molecule has 0 atom stereocenters. The van der Waals surface area contributed by atoms with Crippen LogP contribution in [0.5, 0.6) is 17.2 Å². The average Bonchev–Trinajstić information content (AvgIpc) is 2.71. The van der Waals surface area contributed by atoms with E-state index in [-0.39, 0.29) is 17.9 Å². The summed E-state index contributed by atoms with van der Waals surface area (Å²) in [7, 11) is 4.25. The molecule has 0 N–H and O–H groups in total. The van der Waals surface area contributed by atoms with Gasteiger partial charge in [-0.25, -0.2) is 0 Å². The van der Waals surface area contributed by atoms with Gasteiger partial charge in [0.05, 0.1) is 21.3 Å². The molecule has 1 rings (SSSR count). The molecule has 0 radical (unpaired) electrons. The van der Waals surface area contributed by atoms with Gasteiger partial charge in [0.15, 0.2) is 17.4 Å². The van der Waals surface area contributed by atoms with Crippen LogP contribution in [0.1, 0.15) is 11.1 Å². The van der Waals surface area contributed by atoms with Crippen LogP contribution < -0.4 is 14.2 Å². The maximum atomic E-state index is 12.7. The summed E-state index contributed by atoms with van der Waals surface area (Å²) < 4.78 is 22.3. The fourth-order valence-electron chi connectivity index (χ4n) is 2.61. The molecule has 0 aromatic heterocycles. The molecule has 1 aromatic carbocycles. The summed E-state index contributed by atoms with van der Waals surface area (Å²) in [5, 5.41) is 0. The summed E-state index contributed by atoms with van der Waals surface area (Å²) in [5.41, 5.74) is 0.870. The number of ether oxygens (including phenoxy) is 5. The largest absolute Gasteiger partial charge is 0.493 e. The zero-order valence-corrected chi connectivity index (χ0v) is 21.7. The summed E-state index contributed by atoms with van der Waals surface area (Å²) in [6.07, 6.45) is 1.24. The first-order valence-electron chi connectivity index (χ1n) is 8.69. The molecule has 0 unspecified atom stereocenters. The van der Waals surface area contributed by atoms with Crippen molar-refractivity contribution >= 4 is 87.6 Å². The van der Waals surface area contributed by atoms with E-state index in [9.17, 15) is 9.59 Å². The smallest absolute Gasteiger partial charge is 0.320 e. The maximum Gasteiger partial charge on any atom is 0.320 e. The molecular formula is C19H20Cl6O7. The summed E-state index contributed by atoms with van der Waals surface area (Å²) in [6, 6.07) is 1.55. The van der Waals surface area contributed by atoms with Gasteiger partial charge in [0.1, 0.15) is 13.2 Å². The number of hydrogen-bond acceptors (Lipinski definition) is 7. The van der Waals surface area contributed by atoms with Gasteiger partial charge in [-0.05, 0) is 18.1 Å². The molecule has 0 amide bonds. The third kappa shape index (κ3) is 8.76. The third-order valence-corrected chi connectivity index (χ3v) is 4.56. The van der Waals surface area contributed by atoms with Gasteiger partial charge in [-0.2, -0.15) is 0 Å². The fourth-order valence-corrected chi connectivity index (χ4v) is 2.94. The highest BCUT2D eigenvalue weighted by molar-refractivity contribution is 6.68. The highest BCUT2D eigenvalue weighted by Gasteiger charge is 2.35. The zero-order chi connectivity index (χ0) is 24.7. The number of benzene rings is 1. The second kappa shape index (κ2) is 12.5. The topological polar surface area (TPSA) is 80.3 Å². The van der Waals surface area contributed by atoms with Crippen molar-refractivity contribution in [2.24, 2.45) is 5.92 Å². The van der Waals surface area contributed by atoms with Gasteiger partial charge >= 0.3 is 11.9 Å². The van der Waals surface area contributed by atoms with Crippen molar-refractivity contribution in [2.75, 3.05) is 34.5 Å². The minimum atomic E-state index is -1.89. The van der Waals surface area contributed by atoms with Crippen molar-refractivity contribution in [3.63, 3.8) is 0 Å². The van der Waals surface area contributed by atoms with Crippen LogP contribution in [-0.2, 0) is 25.5 Å². The maximum absolute atomic E-state index is 12.7. The van der Waals surface area contributed by atoms with Gasteiger partial charge < -0.3 is 23.7 Å². The van der Waals surface area contributed by atoms with Crippen molar-refractivity contribution < 1.29 is 33.3 Å². The van der Waals surface area contributed by atoms with Crippen LogP contribution in [0.4, 0.5) is 0 Å². The first-order valence-corrected chi connectivity index (χ1v) is 11.0. The number of rotatable bonds is 10. The lowest BCUT2D eigenvalue weighted by Gasteiger charge is -2.21. The standard InChI is InChI=1S/C19H20Cl6O7/c1-5-11-10(7-13(28-2)15(30-4)14(11)29-3)6-12(16(26)31-8-18(20,21)22)17(27)32-9-19(23,24)25/h5,7,12H,1,6,8-9H2,2-4H3. The molecule has 0 aliphatic rings. The summed E-state index contributed by atoms with van der Waals surface area (Å²) in [5.74, 6) is -2.68. The minimum absolute atomic E-state index is 0.227. The van der Waals surface area contributed by atoms with Gasteiger partial charge in [0.2, 0.25) is 13.3 Å². The molecule has 13 heteroatoms. The van der Waals surface area contributed by atoms with Crippen LogP contribution in [-0.4, -0.2) is 54.1 Å². The Morgan fingerprint density at radius 2 is 1.38 bits per heavy atom. The van der Waals surface area contributed by atoms with Crippen LogP contribution in [0.15, 0.2) is 12.6 Å². The molecule has 1 aromatic rings. The molecule has 0 aliphatic heterocycles. The van der Waals surface area contributed by atoms with Gasteiger partial charge in [-0.3, -0.25) is 9.59 Å². The third-order valence-electron chi connectivity index (χ3n) is 3.91. The Hall–Kier alpha value is -0.960. The summed E-state index contributed by atoms with van der Waals surface area (Å²) in [4.78, 5) is 25.4. The fraction of sp³-hybridized carbons (Fsp3) is 0.474. The lowest BCUT2D eigenvalue weighted by Crippen LogP contribution is -2.33. The van der Waals surface area contributed by atoms with Crippen molar-refractivity contribution in [1.29, 1.82) is 0 Å². The van der Waals surface area contributed by atoms with Gasteiger partial charge in [0.25, 0.3) is 0 Å². The zero-order valence-electron chi connectivity index (χ0n) is 17.2. The number of halogens is 6. The lowest BCUT2D eigenvalue weighted by atomic mass is 9.94. The van der Waals surface area contributed by atoms with E-state index in [0.717, 1.165) is 0 Å². The van der Waals surface area contributed by atoms with E-state index >= 15 is 0 Å². The lowest BCUT2D eigenvalue weighted by molar-refractivity contribution is -0.162. The van der Waals surface area contributed by atoms with Crippen LogP contribution >= 0.6 is 69.6 Å². The Kier molecular flexibility index (Phi) is 11.3. The molecule has 0 saturated carbocycles. The first kappa shape index (κ1) is 29.1. The van der Waals surface area contributed by atoms with Gasteiger partial charge in [-0.1, -0.05) is 82.3 Å². The second-order valence-electron chi connectivity index (χ2n) is 6.12. The van der Waals surface area contributed by atoms with Crippen LogP contribution in [0.3, 0.4) is 0 Å². The van der Waals surface area contributed by atoms with Crippen molar-refractivity contribution in [3.8, 4) is 17.2 Å². The van der Waals surface area contributed by atoms with E-state index in [0.29, 0.717) is 16.9 Å². The van der Waals surface area contributed by atoms with Gasteiger partial charge in [0, 0.05) is 5.56 Å². The quantitative estimate of drug-likeness (QED) is 0.213. The second-order valence-corrected chi connectivity index (χ2v) is 11.2. The monoisotopic (exact) mass is 570 g/mol. The molecule has 0 fully saturated rings. The highest BCUT2D eigenvalue weighted by atomic mass is 35.6. The van der Waals surface area contributed by atoms with Crippen molar-refractivity contribution in [2.45, 2.75) is 14.0 Å². The molecule has 180 valence electrons. The Labute approximate surface area is 215 Å². The molecule has 0 spiro atoms. The van der Waals surface area contributed by atoms with Crippen molar-refractivity contribution in [1.82, 2.24) is 0 Å². The van der Waals surface area contributed by atoms with E-state index < -0.39 is 38.7 Å². The predicted molar refractivity (Wildman–Crippen MR) is 126 cm³/mol. The Bertz CT molecular complexity index is 803. The van der Waals surface area contributed by atoms with E-state index in [1.807, 2.05) is 0 Å². The Morgan fingerprint density at radius 1 is 0.906 bits per heavy atom. The van der Waals surface area contributed by atoms with Crippen LogP contribution in [0, 0.1) is 5.92 Å². The number of methoxy groups -OCH3 is 3. The number of carbonyl (C=O) groups is 2. The van der Waals surface area contributed by atoms with E-state index in [1.165, 1.54) is 27.4 Å². The highest BCUT2D eigenvalue weighted by Crippen LogP contribution is 2.43. The summed E-state index contributed by atoms with van der Waals surface area (Å²) in [6.45, 7) is 2.55. The predicted octanol–water partition coefficient (Wildman–Crippen LogP) is 5.34.